The summed E-state index contributed by atoms with van der Waals surface area (Å²) in [5.74, 6) is 0. The molecule has 0 aliphatic heterocycles. The number of nitrogens with zero attached hydrogens (tertiary/aromatic N) is 1. The number of benzene rings is 1. The van der Waals surface area contributed by atoms with Crippen LogP contribution in [0.4, 0.5) is 0 Å². The highest BCUT2D eigenvalue weighted by Crippen LogP contribution is 2.25. The highest BCUT2D eigenvalue weighted by atomic mass is 79.9. The molecule has 0 fully saturated rings. The summed E-state index contributed by atoms with van der Waals surface area (Å²) < 4.78 is 1.15. The Bertz CT molecular complexity index is 467. The molecule has 0 saturated heterocycles. The molecule has 0 bridgehead atoms. The van der Waals surface area contributed by atoms with E-state index in [0.717, 1.165) is 11.0 Å². The maximum atomic E-state index is 3.51. The molecule has 1 nitrogen and oxygen atoms in total. The predicted octanol–water partition coefficient (Wildman–Crippen LogP) is 4.70. The molecule has 17 heavy (non-hydrogen) atoms. The molecule has 0 N–H and O–H groups in total. The van der Waals surface area contributed by atoms with Gasteiger partial charge in [-0.3, -0.25) is 4.90 Å². The van der Waals surface area contributed by atoms with E-state index < -0.39 is 0 Å². The molecule has 0 saturated carbocycles. The molecule has 1 atom stereocenters. The molecule has 3 heteroatoms. The zero-order valence-corrected chi connectivity index (χ0v) is 12.5. The van der Waals surface area contributed by atoms with Crippen LogP contribution in [0.25, 0.3) is 0 Å². The Morgan fingerprint density at radius 3 is 2.76 bits per heavy atom. The van der Waals surface area contributed by atoms with E-state index in [0.29, 0.717) is 6.04 Å². The second-order valence-electron chi connectivity index (χ2n) is 4.24. The summed E-state index contributed by atoms with van der Waals surface area (Å²) in [6.45, 7) is 3.22. The van der Waals surface area contributed by atoms with Crippen LogP contribution in [0.1, 0.15) is 23.4 Å². The van der Waals surface area contributed by atoms with E-state index in [9.17, 15) is 0 Å². The van der Waals surface area contributed by atoms with Crippen LogP contribution in [0.2, 0.25) is 0 Å². The summed E-state index contributed by atoms with van der Waals surface area (Å²) in [6, 6.07) is 13.3. The van der Waals surface area contributed by atoms with Crippen LogP contribution < -0.4 is 0 Å². The number of hydrogen-bond acceptors (Lipinski definition) is 2. The van der Waals surface area contributed by atoms with Crippen LogP contribution in [0, 0.1) is 0 Å². The van der Waals surface area contributed by atoms with Crippen LogP contribution in [0.15, 0.2) is 46.3 Å². The van der Waals surface area contributed by atoms with Gasteiger partial charge in [0.05, 0.1) is 0 Å². The molecule has 0 aliphatic rings. The lowest BCUT2D eigenvalue weighted by molar-refractivity contribution is 0.256. The molecule has 1 unspecified atom stereocenters. The first kappa shape index (κ1) is 12.8. The summed E-state index contributed by atoms with van der Waals surface area (Å²) in [6.07, 6.45) is 0. The van der Waals surface area contributed by atoms with Gasteiger partial charge in [-0.05, 0) is 43.1 Å². The van der Waals surface area contributed by atoms with Gasteiger partial charge in [-0.25, -0.2) is 0 Å². The lowest BCUT2D eigenvalue weighted by Gasteiger charge is -2.23. The van der Waals surface area contributed by atoms with Gasteiger partial charge in [0.25, 0.3) is 0 Å². The van der Waals surface area contributed by atoms with Crippen molar-refractivity contribution in [3.8, 4) is 0 Å². The molecule has 0 radical (unpaired) electrons. The molecule has 0 amide bonds. The zero-order valence-electron chi connectivity index (χ0n) is 10.1. The first-order chi connectivity index (χ1) is 8.16. The third-order valence-corrected chi connectivity index (χ3v) is 4.47. The van der Waals surface area contributed by atoms with E-state index in [1.807, 2.05) is 11.3 Å². The van der Waals surface area contributed by atoms with Gasteiger partial charge in [0.15, 0.2) is 0 Å². The Balaban J connectivity index is 2.04. The first-order valence-electron chi connectivity index (χ1n) is 5.65. The summed E-state index contributed by atoms with van der Waals surface area (Å²) >= 11 is 5.33. The van der Waals surface area contributed by atoms with Gasteiger partial charge in [-0.1, -0.05) is 34.1 Å². The fourth-order valence-corrected chi connectivity index (χ4v) is 3.10. The fourth-order valence-electron chi connectivity index (χ4n) is 1.81. The van der Waals surface area contributed by atoms with Gasteiger partial charge in [0.2, 0.25) is 0 Å². The van der Waals surface area contributed by atoms with Crippen LogP contribution in [0.5, 0.6) is 0 Å². The van der Waals surface area contributed by atoms with Crippen molar-refractivity contribution in [2.75, 3.05) is 7.05 Å². The Morgan fingerprint density at radius 2 is 2.12 bits per heavy atom. The molecule has 2 rings (SSSR count). The van der Waals surface area contributed by atoms with Crippen LogP contribution in [-0.2, 0) is 6.54 Å². The Kier molecular flexibility index (Phi) is 4.37. The molecule has 1 heterocycles. The standard InChI is InChI=1S/C14H16BrNS/c1-11(14-7-4-8-17-14)16(2)10-12-5-3-6-13(15)9-12/h3-9,11H,10H2,1-2H3. The van der Waals surface area contributed by atoms with Crippen molar-refractivity contribution >= 4 is 27.3 Å². The molecular weight excluding hydrogens is 294 g/mol. The molecule has 1 aromatic carbocycles. The second-order valence-corrected chi connectivity index (χ2v) is 6.13. The number of halogens is 1. The van der Waals surface area contributed by atoms with Gasteiger partial charge in [0.1, 0.15) is 0 Å². The summed E-state index contributed by atoms with van der Waals surface area (Å²) in [4.78, 5) is 3.79. The predicted molar refractivity (Wildman–Crippen MR) is 78.3 cm³/mol. The zero-order chi connectivity index (χ0) is 12.3. The number of thiophene rings is 1. The Labute approximate surface area is 115 Å². The lowest BCUT2D eigenvalue weighted by atomic mass is 10.2. The van der Waals surface area contributed by atoms with Gasteiger partial charge in [-0.2, -0.15) is 0 Å². The van der Waals surface area contributed by atoms with Crippen LogP contribution in [-0.4, -0.2) is 11.9 Å². The Morgan fingerprint density at radius 1 is 1.29 bits per heavy atom. The van der Waals surface area contributed by atoms with E-state index in [4.69, 9.17) is 0 Å². The average Bonchev–Trinajstić information content (AvgIpc) is 2.81. The smallest absolute Gasteiger partial charge is 0.0413 e. The molecular formula is C14H16BrNS. The van der Waals surface area contributed by atoms with Crippen molar-refractivity contribution < 1.29 is 0 Å². The molecule has 1 aromatic heterocycles. The molecule has 0 aliphatic carbocycles. The minimum Gasteiger partial charge on any atom is -0.295 e. The van der Waals surface area contributed by atoms with Crippen molar-refractivity contribution in [3.05, 3.63) is 56.7 Å². The fraction of sp³-hybridized carbons (Fsp3) is 0.286. The van der Waals surface area contributed by atoms with E-state index in [1.165, 1.54) is 10.4 Å². The van der Waals surface area contributed by atoms with Crippen LogP contribution >= 0.6 is 27.3 Å². The van der Waals surface area contributed by atoms with Crippen molar-refractivity contribution in [2.45, 2.75) is 19.5 Å². The van der Waals surface area contributed by atoms with Gasteiger partial charge in [-0.15, -0.1) is 11.3 Å². The minimum atomic E-state index is 0.467. The first-order valence-corrected chi connectivity index (χ1v) is 7.32. The van der Waals surface area contributed by atoms with Crippen molar-refractivity contribution in [1.29, 1.82) is 0 Å². The van der Waals surface area contributed by atoms with Gasteiger partial charge in [0, 0.05) is 21.9 Å². The highest BCUT2D eigenvalue weighted by molar-refractivity contribution is 9.10. The van der Waals surface area contributed by atoms with E-state index in [-0.39, 0.29) is 0 Å². The summed E-state index contributed by atoms with van der Waals surface area (Å²) in [7, 11) is 2.17. The quantitative estimate of drug-likeness (QED) is 0.791. The van der Waals surface area contributed by atoms with E-state index >= 15 is 0 Å². The summed E-state index contributed by atoms with van der Waals surface area (Å²) in [5.41, 5.74) is 1.34. The number of rotatable bonds is 4. The Hall–Kier alpha value is -0.640. The SMILES string of the molecule is CC(c1cccs1)N(C)Cc1cccc(Br)c1. The largest absolute Gasteiger partial charge is 0.295 e. The number of hydrogen-bond donors (Lipinski definition) is 0. The minimum absolute atomic E-state index is 0.467. The van der Waals surface area contributed by atoms with Crippen molar-refractivity contribution in [1.82, 2.24) is 4.90 Å². The van der Waals surface area contributed by atoms with Gasteiger partial charge >= 0.3 is 0 Å². The lowest BCUT2D eigenvalue weighted by Crippen LogP contribution is -2.21. The normalized spacial score (nSPS) is 12.9. The monoisotopic (exact) mass is 309 g/mol. The highest BCUT2D eigenvalue weighted by Gasteiger charge is 2.12. The third kappa shape index (κ3) is 3.41. The van der Waals surface area contributed by atoms with Crippen LogP contribution in [0.3, 0.4) is 0 Å². The molecule has 0 spiro atoms. The molecule has 90 valence electrons. The third-order valence-electron chi connectivity index (χ3n) is 2.94. The topological polar surface area (TPSA) is 3.24 Å². The van der Waals surface area contributed by atoms with Crippen molar-refractivity contribution in [2.24, 2.45) is 0 Å². The van der Waals surface area contributed by atoms with E-state index in [2.05, 4.69) is 76.6 Å². The van der Waals surface area contributed by atoms with E-state index in [1.54, 1.807) is 0 Å². The maximum Gasteiger partial charge on any atom is 0.0413 e. The summed E-state index contributed by atoms with van der Waals surface area (Å²) in [5, 5.41) is 2.14. The van der Waals surface area contributed by atoms with Crippen molar-refractivity contribution in [3.63, 3.8) is 0 Å². The van der Waals surface area contributed by atoms with Gasteiger partial charge < -0.3 is 0 Å². The average molecular weight is 310 g/mol. The molecule has 2 aromatic rings. The maximum absolute atomic E-state index is 3.51. The second kappa shape index (κ2) is 5.80.